The maximum atomic E-state index is 13.1. The van der Waals surface area contributed by atoms with Gasteiger partial charge in [0, 0.05) is 23.7 Å². The highest BCUT2D eigenvalue weighted by Gasteiger charge is 2.45. The first-order valence-electron chi connectivity index (χ1n) is 7.85. The van der Waals surface area contributed by atoms with Gasteiger partial charge >= 0.3 is 0 Å². The van der Waals surface area contributed by atoms with E-state index < -0.39 is 5.41 Å². The molecule has 1 aromatic rings. The average molecular weight is 304 g/mol. The van der Waals surface area contributed by atoms with Gasteiger partial charge in [0.2, 0.25) is 0 Å². The van der Waals surface area contributed by atoms with Gasteiger partial charge in [0.1, 0.15) is 5.78 Å². The van der Waals surface area contributed by atoms with Crippen LogP contribution in [0.15, 0.2) is 30.3 Å². The Bertz CT molecular complexity index is 503. The van der Waals surface area contributed by atoms with Crippen molar-refractivity contribution in [1.82, 2.24) is 0 Å². The van der Waals surface area contributed by atoms with Crippen molar-refractivity contribution in [3.05, 3.63) is 35.9 Å². The Morgan fingerprint density at radius 2 is 2.10 bits per heavy atom. The third-order valence-corrected chi connectivity index (χ3v) is 6.27. The van der Waals surface area contributed by atoms with Crippen LogP contribution >= 0.6 is 11.8 Å². The van der Waals surface area contributed by atoms with E-state index in [2.05, 4.69) is 26.0 Å². The van der Waals surface area contributed by atoms with E-state index in [1.807, 2.05) is 30.0 Å². The van der Waals surface area contributed by atoms with E-state index in [0.29, 0.717) is 5.78 Å². The van der Waals surface area contributed by atoms with Gasteiger partial charge in [0.15, 0.2) is 0 Å². The van der Waals surface area contributed by atoms with E-state index in [4.69, 9.17) is 4.74 Å². The van der Waals surface area contributed by atoms with Crippen molar-refractivity contribution in [2.75, 3.05) is 18.1 Å². The molecule has 0 saturated carbocycles. The van der Waals surface area contributed by atoms with Gasteiger partial charge in [0.05, 0.1) is 5.60 Å². The quantitative estimate of drug-likeness (QED) is 0.849. The summed E-state index contributed by atoms with van der Waals surface area (Å²) in [5.74, 6) is 2.76. The third-order valence-electron chi connectivity index (χ3n) is 5.04. The minimum atomic E-state index is -0.407. The zero-order valence-corrected chi connectivity index (χ0v) is 13.7. The summed E-state index contributed by atoms with van der Waals surface area (Å²) in [5, 5.41) is 0. The first kappa shape index (κ1) is 15.1. The molecule has 0 N–H and O–H groups in total. The van der Waals surface area contributed by atoms with E-state index in [0.717, 1.165) is 37.2 Å². The van der Waals surface area contributed by atoms with Gasteiger partial charge in [-0.25, -0.2) is 0 Å². The fourth-order valence-electron chi connectivity index (χ4n) is 3.62. The number of carbonyl (C=O) groups is 1. The summed E-state index contributed by atoms with van der Waals surface area (Å²) in [7, 11) is 0. The van der Waals surface area contributed by atoms with Gasteiger partial charge in [-0.2, -0.15) is 11.8 Å². The topological polar surface area (TPSA) is 26.3 Å². The Morgan fingerprint density at radius 3 is 2.76 bits per heavy atom. The minimum Gasteiger partial charge on any atom is -0.374 e. The Labute approximate surface area is 131 Å². The fraction of sp³-hybridized carbons (Fsp3) is 0.611. The van der Waals surface area contributed by atoms with Crippen molar-refractivity contribution < 1.29 is 9.53 Å². The van der Waals surface area contributed by atoms with Gasteiger partial charge in [0.25, 0.3) is 0 Å². The molecular formula is C18H24O2S. The zero-order valence-electron chi connectivity index (χ0n) is 12.9. The lowest BCUT2D eigenvalue weighted by atomic mass is 9.71. The minimum absolute atomic E-state index is 0.0178. The van der Waals surface area contributed by atoms with Crippen LogP contribution in [0.3, 0.4) is 0 Å². The van der Waals surface area contributed by atoms with Crippen LogP contribution in [-0.2, 0) is 14.9 Å². The normalized spacial score (nSPS) is 29.7. The number of benzene rings is 1. The summed E-state index contributed by atoms with van der Waals surface area (Å²) >= 11 is 1.96. The van der Waals surface area contributed by atoms with E-state index in [9.17, 15) is 4.79 Å². The molecule has 0 bridgehead atoms. The molecule has 2 aliphatic rings. The summed E-state index contributed by atoms with van der Waals surface area (Å²) in [5.41, 5.74) is 0.697. The molecule has 114 valence electrons. The molecular weight excluding hydrogens is 280 g/mol. The van der Waals surface area contributed by atoms with Crippen molar-refractivity contribution in [2.45, 2.75) is 44.1 Å². The van der Waals surface area contributed by atoms with Crippen LogP contribution in [0, 0.1) is 5.92 Å². The van der Waals surface area contributed by atoms with Gasteiger partial charge in [-0.15, -0.1) is 0 Å². The molecule has 1 aromatic carbocycles. The van der Waals surface area contributed by atoms with Crippen LogP contribution in [0.25, 0.3) is 0 Å². The molecule has 21 heavy (non-hydrogen) atoms. The van der Waals surface area contributed by atoms with Crippen molar-refractivity contribution in [2.24, 2.45) is 5.92 Å². The number of hydrogen-bond acceptors (Lipinski definition) is 3. The fourth-order valence-corrected chi connectivity index (χ4v) is 5.00. The van der Waals surface area contributed by atoms with Crippen molar-refractivity contribution in [3.63, 3.8) is 0 Å². The molecule has 2 atom stereocenters. The van der Waals surface area contributed by atoms with E-state index in [-0.39, 0.29) is 11.5 Å². The predicted octanol–water partition coefficient (Wildman–Crippen LogP) is 3.84. The molecule has 2 heterocycles. The molecule has 2 saturated heterocycles. The maximum absolute atomic E-state index is 13.1. The molecule has 0 radical (unpaired) electrons. The van der Waals surface area contributed by atoms with Crippen LogP contribution < -0.4 is 0 Å². The molecule has 0 aromatic heterocycles. The second-order valence-electron chi connectivity index (χ2n) is 6.88. The van der Waals surface area contributed by atoms with E-state index in [1.165, 1.54) is 5.75 Å². The van der Waals surface area contributed by atoms with Gasteiger partial charge in [-0.3, -0.25) is 4.79 Å². The van der Waals surface area contributed by atoms with Crippen molar-refractivity contribution in [1.29, 1.82) is 0 Å². The standard InChI is InChI=1S/C18H24O2S/c1-17(2,15-6-4-3-5-7-15)16(19)14-8-10-20-18(12-14)9-11-21-13-18/h3-7,14H,8-13H2,1-2H3. The van der Waals surface area contributed by atoms with Crippen LogP contribution in [-0.4, -0.2) is 29.5 Å². The highest BCUT2D eigenvalue weighted by atomic mass is 32.2. The first-order chi connectivity index (χ1) is 10.0. The molecule has 3 rings (SSSR count). The van der Waals surface area contributed by atoms with Gasteiger partial charge < -0.3 is 4.74 Å². The Kier molecular flexibility index (Phi) is 4.15. The zero-order chi connectivity index (χ0) is 14.9. The second kappa shape index (κ2) is 5.77. The van der Waals surface area contributed by atoms with Crippen LogP contribution in [0.2, 0.25) is 0 Å². The third kappa shape index (κ3) is 2.91. The van der Waals surface area contributed by atoms with Gasteiger partial charge in [-0.05, 0) is 44.4 Å². The van der Waals surface area contributed by atoms with Crippen LogP contribution in [0.5, 0.6) is 0 Å². The number of ketones is 1. The summed E-state index contributed by atoms with van der Waals surface area (Å²) in [6, 6.07) is 10.2. The van der Waals surface area contributed by atoms with Crippen molar-refractivity contribution >= 4 is 17.5 Å². The Morgan fingerprint density at radius 1 is 1.33 bits per heavy atom. The van der Waals surface area contributed by atoms with Crippen LogP contribution in [0.4, 0.5) is 0 Å². The molecule has 2 nitrogen and oxygen atoms in total. The predicted molar refractivity (Wildman–Crippen MR) is 87.8 cm³/mol. The largest absolute Gasteiger partial charge is 0.374 e. The monoisotopic (exact) mass is 304 g/mol. The van der Waals surface area contributed by atoms with E-state index >= 15 is 0 Å². The van der Waals surface area contributed by atoms with Gasteiger partial charge in [-0.1, -0.05) is 30.3 Å². The Hall–Kier alpha value is -0.800. The molecule has 3 heteroatoms. The first-order valence-corrected chi connectivity index (χ1v) is 9.01. The molecule has 1 spiro atoms. The number of rotatable bonds is 3. The summed E-state index contributed by atoms with van der Waals surface area (Å²) in [4.78, 5) is 13.1. The number of carbonyl (C=O) groups excluding carboxylic acids is 1. The highest BCUT2D eigenvalue weighted by molar-refractivity contribution is 7.99. The average Bonchev–Trinajstić information content (AvgIpc) is 2.95. The smallest absolute Gasteiger partial charge is 0.146 e. The highest BCUT2D eigenvalue weighted by Crippen LogP contribution is 2.42. The number of thioether (sulfide) groups is 1. The molecule has 2 unspecified atom stereocenters. The summed E-state index contributed by atoms with van der Waals surface area (Å²) in [6.45, 7) is 4.87. The number of ether oxygens (including phenoxy) is 1. The maximum Gasteiger partial charge on any atom is 0.146 e. The molecule has 2 aliphatic heterocycles. The SMILES string of the molecule is CC(C)(C(=O)C1CCOC2(CCSC2)C1)c1ccccc1. The molecule has 0 amide bonds. The number of hydrogen-bond donors (Lipinski definition) is 0. The summed E-state index contributed by atoms with van der Waals surface area (Å²) < 4.78 is 6.05. The lowest BCUT2D eigenvalue weighted by Gasteiger charge is -2.39. The number of Topliss-reactive ketones (excluding diaryl/α,β-unsaturated/α-hetero) is 1. The Balaban J connectivity index is 1.78. The van der Waals surface area contributed by atoms with Crippen LogP contribution in [0.1, 0.15) is 38.7 Å². The lowest BCUT2D eigenvalue weighted by molar-refractivity contribution is -0.138. The molecule has 2 fully saturated rings. The molecule has 0 aliphatic carbocycles. The lowest BCUT2D eigenvalue weighted by Crippen LogP contribution is -2.45. The second-order valence-corrected chi connectivity index (χ2v) is 7.98. The summed E-state index contributed by atoms with van der Waals surface area (Å²) in [6.07, 6.45) is 2.89. The van der Waals surface area contributed by atoms with E-state index in [1.54, 1.807) is 0 Å². The van der Waals surface area contributed by atoms with Crippen molar-refractivity contribution in [3.8, 4) is 0 Å².